The van der Waals surface area contributed by atoms with Crippen molar-refractivity contribution >= 4 is 0 Å². The molecule has 0 aromatic rings. The van der Waals surface area contributed by atoms with Gasteiger partial charge in [-0.3, -0.25) is 4.90 Å². The van der Waals surface area contributed by atoms with E-state index in [2.05, 4.69) is 10.8 Å². The van der Waals surface area contributed by atoms with Crippen LogP contribution in [0.5, 0.6) is 0 Å². The van der Waals surface area contributed by atoms with E-state index in [1.165, 1.54) is 0 Å². The van der Waals surface area contributed by atoms with E-state index in [1.54, 1.807) is 0 Å². The molecule has 1 rings (SSSR count). The summed E-state index contributed by atoms with van der Waals surface area (Å²) in [5, 5.41) is 8.89. The van der Waals surface area contributed by atoms with Gasteiger partial charge in [0.2, 0.25) is 0 Å². The smallest absolute Gasteiger partial charge is 0.0766 e. The molecule has 2 unspecified atom stereocenters. The van der Waals surface area contributed by atoms with Gasteiger partial charge in [0.15, 0.2) is 0 Å². The maximum atomic E-state index is 8.89. The zero-order valence-electron chi connectivity index (χ0n) is 8.04. The summed E-state index contributed by atoms with van der Waals surface area (Å²) in [6.45, 7) is 4.34. The van der Waals surface area contributed by atoms with E-state index < -0.39 is 0 Å². The molecule has 0 radical (unpaired) electrons. The highest BCUT2D eigenvalue weighted by Gasteiger charge is 2.43. The van der Waals surface area contributed by atoms with Crippen LogP contribution in [0.3, 0.4) is 0 Å². The molecule has 12 heavy (non-hydrogen) atoms. The van der Waals surface area contributed by atoms with Crippen LogP contribution in [0.1, 0.15) is 20.3 Å². The quantitative estimate of drug-likeness (QED) is 0.626. The Labute approximate surface area is 74.6 Å². The number of terminal acetylenes is 1. The Balaban J connectivity index is 2.51. The number of hydrogen-bond acceptors (Lipinski definition) is 2. The molecule has 1 fully saturated rings. The number of nitrogens with zero attached hydrogens (tertiary/aromatic N) is 1. The molecule has 0 saturated heterocycles. The van der Waals surface area contributed by atoms with E-state index >= 15 is 0 Å². The van der Waals surface area contributed by atoms with Crippen molar-refractivity contribution in [2.45, 2.75) is 31.8 Å². The molecule has 0 aliphatic heterocycles. The SMILES string of the molecule is C#CC(C)(C)N(C)C1CC1CO. The van der Waals surface area contributed by atoms with Crippen molar-refractivity contribution in [2.75, 3.05) is 13.7 Å². The highest BCUT2D eigenvalue weighted by molar-refractivity contribution is 5.12. The molecular formula is C10H17NO. The van der Waals surface area contributed by atoms with Crippen LogP contribution in [0.4, 0.5) is 0 Å². The van der Waals surface area contributed by atoms with E-state index in [0.29, 0.717) is 12.0 Å². The molecule has 2 heteroatoms. The van der Waals surface area contributed by atoms with Crippen molar-refractivity contribution in [1.29, 1.82) is 0 Å². The lowest BCUT2D eigenvalue weighted by molar-refractivity contribution is 0.177. The molecular weight excluding hydrogens is 150 g/mol. The maximum Gasteiger partial charge on any atom is 0.0766 e. The number of aliphatic hydroxyl groups is 1. The third-order valence-corrected chi connectivity index (χ3v) is 2.85. The largest absolute Gasteiger partial charge is 0.396 e. The van der Waals surface area contributed by atoms with Gasteiger partial charge in [-0.2, -0.15) is 0 Å². The standard InChI is InChI=1S/C10H17NO/c1-5-10(2,3)11(4)9-6-8(9)7-12/h1,8-9,12H,6-7H2,2-4H3. The monoisotopic (exact) mass is 167 g/mol. The predicted molar refractivity (Wildman–Crippen MR) is 49.7 cm³/mol. The normalized spacial score (nSPS) is 28.7. The molecule has 0 bridgehead atoms. The molecule has 0 amide bonds. The molecule has 1 saturated carbocycles. The summed E-state index contributed by atoms with van der Waals surface area (Å²) in [4.78, 5) is 2.17. The number of hydrogen-bond donors (Lipinski definition) is 1. The minimum atomic E-state index is -0.186. The molecule has 0 heterocycles. The molecule has 1 aliphatic carbocycles. The van der Waals surface area contributed by atoms with Crippen LogP contribution >= 0.6 is 0 Å². The Morgan fingerprint density at radius 1 is 1.67 bits per heavy atom. The first-order valence-corrected chi connectivity index (χ1v) is 4.34. The molecule has 2 atom stereocenters. The molecule has 68 valence electrons. The summed E-state index contributed by atoms with van der Waals surface area (Å²) in [6, 6.07) is 0.487. The molecule has 2 nitrogen and oxygen atoms in total. The minimum Gasteiger partial charge on any atom is -0.396 e. The Morgan fingerprint density at radius 3 is 2.58 bits per heavy atom. The number of rotatable bonds is 3. The van der Waals surface area contributed by atoms with Gasteiger partial charge >= 0.3 is 0 Å². The fourth-order valence-electron chi connectivity index (χ4n) is 1.42. The first kappa shape index (κ1) is 9.57. The minimum absolute atomic E-state index is 0.186. The van der Waals surface area contributed by atoms with Gasteiger partial charge in [0.25, 0.3) is 0 Å². The summed E-state index contributed by atoms with van der Waals surface area (Å²) in [7, 11) is 2.03. The second kappa shape index (κ2) is 3.08. The third-order valence-electron chi connectivity index (χ3n) is 2.85. The highest BCUT2D eigenvalue weighted by Crippen LogP contribution is 2.37. The lowest BCUT2D eigenvalue weighted by Gasteiger charge is -2.31. The first-order valence-electron chi connectivity index (χ1n) is 4.34. The lowest BCUT2D eigenvalue weighted by atomic mass is 10.1. The van der Waals surface area contributed by atoms with E-state index in [0.717, 1.165) is 6.42 Å². The average molecular weight is 167 g/mol. The Bertz CT molecular complexity index is 204. The lowest BCUT2D eigenvalue weighted by Crippen LogP contribution is -2.42. The average Bonchev–Trinajstić information content (AvgIpc) is 2.81. The van der Waals surface area contributed by atoms with Crippen molar-refractivity contribution in [1.82, 2.24) is 4.90 Å². The van der Waals surface area contributed by atoms with Crippen LogP contribution < -0.4 is 0 Å². The summed E-state index contributed by atoms with van der Waals surface area (Å²) >= 11 is 0. The van der Waals surface area contributed by atoms with Crippen LogP contribution in [-0.2, 0) is 0 Å². The molecule has 1 aliphatic rings. The maximum absolute atomic E-state index is 8.89. The van der Waals surface area contributed by atoms with Crippen LogP contribution in [0.2, 0.25) is 0 Å². The predicted octanol–water partition coefficient (Wildman–Crippen LogP) is 0.711. The summed E-state index contributed by atoms with van der Waals surface area (Å²) in [6.07, 6.45) is 6.49. The van der Waals surface area contributed by atoms with Gasteiger partial charge in [-0.1, -0.05) is 5.92 Å². The molecule has 1 N–H and O–H groups in total. The van der Waals surface area contributed by atoms with Crippen molar-refractivity contribution in [3.8, 4) is 12.3 Å². The van der Waals surface area contributed by atoms with Gasteiger partial charge in [-0.05, 0) is 33.2 Å². The van der Waals surface area contributed by atoms with Crippen LogP contribution in [-0.4, -0.2) is 35.2 Å². The Morgan fingerprint density at radius 2 is 2.25 bits per heavy atom. The van der Waals surface area contributed by atoms with Crippen LogP contribution in [0.25, 0.3) is 0 Å². The van der Waals surface area contributed by atoms with E-state index in [1.807, 2.05) is 20.9 Å². The van der Waals surface area contributed by atoms with Gasteiger partial charge in [0.1, 0.15) is 0 Å². The van der Waals surface area contributed by atoms with Crippen molar-refractivity contribution < 1.29 is 5.11 Å². The van der Waals surface area contributed by atoms with Crippen molar-refractivity contribution in [3.63, 3.8) is 0 Å². The topological polar surface area (TPSA) is 23.5 Å². The molecule has 0 spiro atoms. The second-order valence-electron chi connectivity index (χ2n) is 4.06. The highest BCUT2D eigenvalue weighted by atomic mass is 16.3. The Kier molecular flexibility index (Phi) is 2.46. The fourth-order valence-corrected chi connectivity index (χ4v) is 1.42. The van der Waals surface area contributed by atoms with E-state index in [4.69, 9.17) is 11.5 Å². The van der Waals surface area contributed by atoms with Crippen LogP contribution in [0, 0.1) is 18.3 Å². The summed E-state index contributed by atoms with van der Waals surface area (Å²) in [5.74, 6) is 3.20. The van der Waals surface area contributed by atoms with Gasteiger partial charge in [-0.15, -0.1) is 6.42 Å². The van der Waals surface area contributed by atoms with Gasteiger partial charge in [0.05, 0.1) is 5.54 Å². The summed E-state index contributed by atoms with van der Waals surface area (Å²) in [5.41, 5.74) is -0.186. The zero-order chi connectivity index (χ0) is 9.35. The van der Waals surface area contributed by atoms with Gasteiger partial charge in [0, 0.05) is 12.6 Å². The fraction of sp³-hybridized carbons (Fsp3) is 0.800. The number of aliphatic hydroxyl groups excluding tert-OH is 1. The molecule has 0 aromatic carbocycles. The van der Waals surface area contributed by atoms with E-state index in [-0.39, 0.29) is 12.1 Å². The van der Waals surface area contributed by atoms with Gasteiger partial charge in [-0.25, -0.2) is 0 Å². The molecule has 0 aromatic heterocycles. The summed E-state index contributed by atoms with van der Waals surface area (Å²) < 4.78 is 0. The first-order chi connectivity index (χ1) is 5.53. The zero-order valence-corrected chi connectivity index (χ0v) is 8.04. The van der Waals surface area contributed by atoms with Crippen LogP contribution in [0.15, 0.2) is 0 Å². The third kappa shape index (κ3) is 1.63. The van der Waals surface area contributed by atoms with Crippen molar-refractivity contribution in [2.24, 2.45) is 5.92 Å². The Hall–Kier alpha value is -0.520. The van der Waals surface area contributed by atoms with Gasteiger partial charge < -0.3 is 5.11 Å². The van der Waals surface area contributed by atoms with Crippen molar-refractivity contribution in [3.05, 3.63) is 0 Å². The second-order valence-corrected chi connectivity index (χ2v) is 4.06. The van der Waals surface area contributed by atoms with E-state index in [9.17, 15) is 0 Å².